The molecular formula is C6H15Cl5O2Si3. The largest absolute Gasteiger partial charge is 0.425 e. The Morgan fingerprint density at radius 3 is 1.19 bits per heavy atom. The summed E-state index contributed by atoms with van der Waals surface area (Å²) in [6, 6.07) is 1.56. The molecule has 0 N–H and O–H groups in total. The lowest BCUT2D eigenvalue weighted by Crippen LogP contribution is -2.49. The van der Waals surface area contributed by atoms with Crippen LogP contribution >= 0.6 is 55.4 Å². The molecule has 0 bridgehead atoms. The number of hydrogen-bond donors (Lipinski definition) is 0. The normalized spacial score (nSPS) is 14.2. The highest BCUT2D eigenvalue weighted by Gasteiger charge is 2.48. The Bertz CT molecular complexity index is 210. The fourth-order valence-electron chi connectivity index (χ4n) is 0.755. The van der Waals surface area contributed by atoms with Crippen molar-refractivity contribution in [2.45, 2.75) is 38.9 Å². The molecule has 0 unspecified atom stereocenters. The van der Waals surface area contributed by atoms with Gasteiger partial charge in [0.1, 0.15) is 0 Å². The van der Waals surface area contributed by atoms with Gasteiger partial charge in [0, 0.05) is 6.04 Å². The van der Waals surface area contributed by atoms with Crippen LogP contribution < -0.4 is 0 Å². The van der Waals surface area contributed by atoms with Crippen molar-refractivity contribution in [3.05, 3.63) is 0 Å². The first-order valence-electron chi connectivity index (χ1n) is 4.94. The fourth-order valence-corrected chi connectivity index (χ4v) is 15.5. The molecule has 0 heterocycles. The number of rotatable bonds is 7. The SMILES string of the molecule is CC[Si](Cl)(Cl)O[Si](Cl)(CC)O[Si](Cl)(Cl)CC. The van der Waals surface area contributed by atoms with E-state index in [-0.39, 0.29) is 0 Å². The summed E-state index contributed by atoms with van der Waals surface area (Å²) in [6.07, 6.45) is 0. The van der Waals surface area contributed by atoms with Gasteiger partial charge >= 0.3 is 21.7 Å². The molecule has 0 aliphatic carbocycles. The van der Waals surface area contributed by atoms with Gasteiger partial charge in [-0.1, -0.05) is 20.8 Å². The lowest BCUT2D eigenvalue weighted by molar-refractivity contribution is 0.424. The molecule has 16 heavy (non-hydrogen) atoms. The van der Waals surface area contributed by atoms with Crippen LogP contribution in [0.5, 0.6) is 0 Å². The van der Waals surface area contributed by atoms with E-state index >= 15 is 0 Å². The van der Waals surface area contributed by atoms with E-state index in [9.17, 15) is 0 Å². The third kappa shape index (κ3) is 6.82. The molecule has 98 valence electrons. The lowest BCUT2D eigenvalue weighted by atomic mass is 11.0. The van der Waals surface area contributed by atoms with Crippen LogP contribution in [0.4, 0.5) is 0 Å². The van der Waals surface area contributed by atoms with Crippen molar-refractivity contribution in [1.82, 2.24) is 0 Å². The maximum absolute atomic E-state index is 6.28. The zero-order valence-corrected chi connectivity index (χ0v) is 16.1. The van der Waals surface area contributed by atoms with Crippen LogP contribution in [0.2, 0.25) is 18.1 Å². The molecule has 0 saturated carbocycles. The van der Waals surface area contributed by atoms with Crippen LogP contribution in [0, 0.1) is 0 Å². The molecule has 0 amide bonds. The van der Waals surface area contributed by atoms with E-state index in [2.05, 4.69) is 0 Å². The molecule has 0 aliphatic heterocycles. The quantitative estimate of drug-likeness (QED) is 0.452. The molecule has 0 aliphatic rings. The maximum Gasteiger partial charge on any atom is 0.425 e. The highest BCUT2D eigenvalue weighted by atomic mass is 35.7. The second kappa shape index (κ2) is 6.98. The molecule has 0 aromatic rings. The van der Waals surface area contributed by atoms with E-state index in [0.29, 0.717) is 18.1 Å². The van der Waals surface area contributed by atoms with E-state index in [0.717, 1.165) is 0 Å². The van der Waals surface area contributed by atoms with Crippen LogP contribution in [-0.4, -0.2) is 21.7 Å². The minimum absolute atomic E-state index is 0.497. The predicted octanol–water partition coefficient (Wildman–Crippen LogP) is 5.09. The van der Waals surface area contributed by atoms with E-state index in [1.54, 1.807) is 0 Å². The monoisotopic (exact) mass is 378 g/mol. The van der Waals surface area contributed by atoms with Gasteiger partial charge in [-0.3, -0.25) is 0 Å². The molecule has 0 spiro atoms. The summed E-state index contributed by atoms with van der Waals surface area (Å²) in [7, 11) is -2.97. The molecule has 0 fully saturated rings. The minimum atomic E-state index is -2.97. The van der Waals surface area contributed by atoms with Gasteiger partial charge in [-0.05, 0) is 12.1 Å². The summed E-state index contributed by atoms with van der Waals surface area (Å²) in [5.41, 5.74) is 0. The first kappa shape index (κ1) is 18.0. The predicted molar refractivity (Wildman–Crippen MR) is 80.1 cm³/mol. The van der Waals surface area contributed by atoms with Crippen LogP contribution in [0.3, 0.4) is 0 Å². The van der Waals surface area contributed by atoms with E-state index < -0.39 is 21.7 Å². The van der Waals surface area contributed by atoms with Gasteiger partial charge in [0.25, 0.3) is 0 Å². The van der Waals surface area contributed by atoms with Crippen LogP contribution in [-0.2, 0) is 8.23 Å². The van der Waals surface area contributed by atoms with Crippen molar-refractivity contribution in [3.63, 3.8) is 0 Å². The van der Waals surface area contributed by atoms with Crippen molar-refractivity contribution in [3.8, 4) is 0 Å². The highest BCUT2D eigenvalue weighted by Crippen LogP contribution is 2.35. The van der Waals surface area contributed by atoms with Crippen LogP contribution in [0.15, 0.2) is 0 Å². The van der Waals surface area contributed by atoms with Crippen molar-refractivity contribution in [1.29, 1.82) is 0 Å². The molecule has 2 nitrogen and oxygen atoms in total. The third-order valence-corrected chi connectivity index (χ3v) is 17.3. The zero-order chi connectivity index (χ0) is 13.0. The Morgan fingerprint density at radius 2 is 1.00 bits per heavy atom. The molecule has 0 rings (SSSR count). The standard InChI is InChI=1S/C6H15Cl5O2Si3/c1-4-14(7,8)12-16(11,6-3)13-15(9,10)5-2/h4-6H2,1-3H3. The summed E-state index contributed by atoms with van der Waals surface area (Å²) in [5.74, 6) is 0. The van der Waals surface area contributed by atoms with Gasteiger partial charge < -0.3 is 8.23 Å². The molecule has 0 saturated heterocycles. The van der Waals surface area contributed by atoms with Gasteiger partial charge in [-0.15, -0.1) is 55.4 Å². The first-order chi connectivity index (χ1) is 7.10. The number of hydrogen-bond acceptors (Lipinski definition) is 2. The van der Waals surface area contributed by atoms with E-state index in [1.807, 2.05) is 20.8 Å². The third-order valence-electron chi connectivity index (χ3n) is 1.85. The van der Waals surface area contributed by atoms with Gasteiger partial charge in [0.15, 0.2) is 0 Å². The zero-order valence-electron chi connectivity index (χ0n) is 9.33. The second-order valence-corrected chi connectivity index (χ2v) is 21.0. The Hall–Kier alpha value is 2.02. The lowest BCUT2D eigenvalue weighted by Gasteiger charge is -2.32. The first-order valence-corrected chi connectivity index (χ1v) is 16.3. The summed E-state index contributed by atoms with van der Waals surface area (Å²) < 4.78 is 11.2. The minimum Gasteiger partial charge on any atom is -0.401 e. The fraction of sp³-hybridized carbons (Fsp3) is 1.00. The van der Waals surface area contributed by atoms with Crippen molar-refractivity contribution >= 4 is 77.1 Å². The van der Waals surface area contributed by atoms with Gasteiger partial charge in [0.2, 0.25) is 0 Å². The summed E-state index contributed by atoms with van der Waals surface area (Å²) in [4.78, 5) is 0. The van der Waals surface area contributed by atoms with Crippen molar-refractivity contribution in [2.75, 3.05) is 0 Å². The molecule has 0 atom stereocenters. The molecular weight excluding hydrogens is 366 g/mol. The average Bonchev–Trinajstić information content (AvgIpc) is 2.16. The Morgan fingerprint density at radius 1 is 0.688 bits per heavy atom. The maximum atomic E-state index is 6.28. The Labute approximate surface area is 123 Å². The van der Waals surface area contributed by atoms with Gasteiger partial charge in [-0.25, -0.2) is 0 Å². The number of halogens is 5. The summed E-state index contributed by atoms with van der Waals surface area (Å²) in [5, 5.41) is 0. The molecule has 0 radical (unpaired) electrons. The topological polar surface area (TPSA) is 18.5 Å². The highest BCUT2D eigenvalue weighted by molar-refractivity contribution is 7.47. The van der Waals surface area contributed by atoms with Crippen molar-refractivity contribution in [2.24, 2.45) is 0 Å². The smallest absolute Gasteiger partial charge is 0.401 e. The van der Waals surface area contributed by atoms with Crippen LogP contribution in [0.25, 0.3) is 0 Å². The molecule has 0 aromatic carbocycles. The molecule has 0 aromatic heterocycles. The van der Waals surface area contributed by atoms with Crippen molar-refractivity contribution < 1.29 is 8.23 Å². The van der Waals surface area contributed by atoms with E-state index in [4.69, 9.17) is 63.6 Å². The second-order valence-electron chi connectivity index (χ2n) is 3.20. The van der Waals surface area contributed by atoms with Crippen LogP contribution in [0.1, 0.15) is 20.8 Å². The van der Waals surface area contributed by atoms with Gasteiger partial charge in [0.05, 0.1) is 0 Å². The Kier molecular flexibility index (Phi) is 7.86. The van der Waals surface area contributed by atoms with E-state index in [1.165, 1.54) is 0 Å². The average molecular weight is 381 g/mol. The summed E-state index contributed by atoms with van der Waals surface area (Å²) in [6.45, 7) is -0.0424. The van der Waals surface area contributed by atoms with Gasteiger partial charge in [-0.2, -0.15) is 0 Å². The Balaban J connectivity index is 4.67. The molecule has 10 heteroatoms. The summed E-state index contributed by atoms with van der Waals surface area (Å²) >= 11 is 30.4.